The summed E-state index contributed by atoms with van der Waals surface area (Å²) >= 11 is 0. The van der Waals surface area contributed by atoms with Crippen molar-refractivity contribution in [2.24, 2.45) is 16.1 Å². The number of carbonyl (C=O) groups is 1. The Morgan fingerprint density at radius 1 is 1.48 bits per heavy atom. The number of ether oxygens (including phenoxy) is 2. The third-order valence-corrected chi connectivity index (χ3v) is 2.92. The Morgan fingerprint density at radius 2 is 2.30 bits per heavy atom. The summed E-state index contributed by atoms with van der Waals surface area (Å²) in [6.07, 6.45) is 3.57. The maximum absolute atomic E-state index is 11.1. The van der Waals surface area contributed by atoms with E-state index in [1.807, 2.05) is 0 Å². The summed E-state index contributed by atoms with van der Waals surface area (Å²) < 4.78 is 10.6. The lowest BCUT2D eigenvalue weighted by molar-refractivity contribution is 0.111. The molecule has 3 N–H and O–H groups in total. The zero-order valence-corrected chi connectivity index (χ0v) is 12.3. The molecule has 0 bridgehead atoms. The Morgan fingerprint density at radius 3 is 2.96 bits per heavy atom. The van der Waals surface area contributed by atoms with Crippen molar-refractivity contribution in [1.82, 2.24) is 9.97 Å². The van der Waals surface area contributed by atoms with Crippen LogP contribution in [0.25, 0.3) is 0 Å². The monoisotopic (exact) mass is 314 g/mol. The molecule has 0 radical (unpaired) electrons. The van der Waals surface area contributed by atoms with Crippen LogP contribution in [0.15, 0.2) is 40.8 Å². The Labute approximate surface area is 131 Å². The van der Waals surface area contributed by atoms with Crippen molar-refractivity contribution < 1.29 is 14.3 Å². The van der Waals surface area contributed by atoms with E-state index >= 15 is 0 Å². The van der Waals surface area contributed by atoms with Crippen LogP contribution >= 0.6 is 0 Å². The molecule has 0 saturated heterocycles. The molecular weight excluding hydrogens is 300 g/mol. The topological polar surface area (TPSA) is 136 Å². The number of aldehydes is 1. The lowest BCUT2D eigenvalue weighted by Crippen LogP contribution is -2.10. The van der Waals surface area contributed by atoms with Gasteiger partial charge in [-0.2, -0.15) is 5.10 Å². The molecule has 0 fully saturated rings. The standard InChI is InChI=1S/C14H14N6O3/c1-22-12-5-10(7-21)11(6-18-12)23-8-9-3-2-4-17-13(9)14(19-15)20-16/h2-7,15H,8,16H2,1H3. The third-order valence-electron chi connectivity index (χ3n) is 2.92. The number of hydrogen-bond acceptors (Lipinski definition) is 8. The number of amidine groups is 1. The van der Waals surface area contributed by atoms with Gasteiger partial charge in [-0.1, -0.05) is 6.07 Å². The zero-order chi connectivity index (χ0) is 16.7. The van der Waals surface area contributed by atoms with E-state index < -0.39 is 0 Å². The second kappa shape index (κ2) is 7.59. The van der Waals surface area contributed by atoms with Gasteiger partial charge < -0.3 is 15.3 Å². The van der Waals surface area contributed by atoms with E-state index in [1.165, 1.54) is 25.6 Å². The molecule has 118 valence electrons. The van der Waals surface area contributed by atoms with Gasteiger partial charge in [0.2, 0.25) is 11.7 Å². The van der Waals surface area contributed by atoms with E-state index in [0.29, 0.717) is 34.7 Å². The van der Waals surface area contributed by atoms with Crippen molar-refractivity contribution >= 4 is 12.1 Å². The molecule has 9 nitrogen and oxygen atoms in total. The van der Waals surface area contributed by atoms with Crippen LogP contribution in [0, 0.1) is 5.53 Å². The highest BCUT2D eigenvalue weighted by molar-refractivity contribution is 5.98. The smallest absolute Gasteiger partial charge is 0.218 e. The summed E-state index contributed by atoms with van der Waals surface area (Å²) in [6.45, 7) is 0.0760. The summed E-state index contributed by atoms with van der Waals surface area (Å²) in [6, 6.07) is 4.90. The molecule has 0 aliphatic rings. The van der Waals surface area contributed by atoms with Crippen LogP contribution in [0.5, 0.6) is 11.6 Å². The highest BCUT2D eigenvalue weighted by atomic mass is 16.5. The van der Waals surface area contributed by atoms with E-state index in [9.17, 15) is 4.79 Å². The molecule has 0 amide bonds. The summed E-state index contributed by atoms with van der Waals surface area (Å²) in [5.41, 5.74) is 8.31. The molecular formula is C14H14N6O3. The second-order valence-electron chi connectivity index (χ2n) is 4.25. The molecule has 0 aliphatic heterocycles. The minimum Gasteiger partial charge on any atom is -0.486 e. The Hall–Kier alpha value is -3.36. The Balaban J connectivity index is 2.25. The van der Waals surface area contributed by atoms with Crippen molar-refractivity contribution in [1.29, 1.82) is 5.53 Å². The first-order chi connectivity index (χ1) is 11.2. The average Bonchev–Trinajstić information content (AvgIpc) is 2.61. The van der Waals surface area contributed by atoms with Gasteiger partial charge in [0.05, 0.1) is 18.9 Å². The van der Waals surface area contributed by atoms with Crippen molar-refractivity contribution in [2.45, 2.75) is 6.61 Å². The summed E-state index contributed by atoms with van der Waals surface area (Å²) in [5, 5.41) is 6.63. The number of methoxy groups -OCH3 is 1. The minimum absolute atomic E-state index is 0.0207. The maximum atomic E-state index is 11.1. The molecule has 0 atom stereocenters. The molecule has 2 rings (SSSR count). The predicted molar refractivity (Wildman–Crippen MR) is 80.6 cm³/mol. The number of rotatable bonds is 6. The molecule has 9 heteroatoms. The number of pyridine rings is 2. The average molecular weight is 314 g/mol. The minimum atomic E-state index is -0.0207. The van der Waals surface area contributed by atoms with Gasteiger partial charge in [0.25, 0.3) is 0 Å². The van der Waals surface area contributed by atoms with Gasteiger partial charge in [-0.15, -0.1) is 5.11 Å². The fourth-order valence-electron chi connectivity index (χ4n) is 1.82. The van der Waals surface area contributed by atoms with Gasteiger partial charge in [-0.3, -0.25) is 9.78 Å². The quantitative estimate of drug-likeness (QED) is 0.207. The van der Waals surface area contributed by atoms with E-state index in [2.05, 4.69) is 20.2 Å². The number of nitrogens with two attached hydrogens (primary N) is 1. The van der Waals surface area contributed by atoms with Gasteiger partial charge in [0.15, 0.2) is 6.29 Å². The first-order valence-corrected chi connectivity index (χ1v) is 6.45. The maximum Gasteiger partial charge on any atom is 0.218 e. The van der Waals surface area contributed by atoms with Crippen molar-refractivity contribution in [2.75, 3.05) is 7.11 Å². The molecule has 2 aromatic rings. The Bertz CT molecular complexity index is 747. The fraction of sp³-hybridized carbons (Fsp3) is 0.143. The van der Waals surface area contributed by atoms with Gasteiger partial charge in [-0.25, -0.2) is 10.5 Å². The number of hydrogen-bond donors (Lipinski definition) is 2. The largest absolute Gasteiger partial charge is 0.486 e. The van der Waals surface area contributed by atoms with Gasteiger partial charge in [0, 0.05) is 17.8 Å². The van der Waals surface area contributed by atoms with Crippen molar-refractivity contribution in [3.05, 3.63) is 47.4 Å². The third kappa shape index (κ3) is 3.64. The highest BCUT2D eigenvalue weighted by Crippen LogP contribution is 2.21. The zero-order valence-electron chi connectivity index (χ0n) is 12.3. The van der Waals surface area contributed by atoms with Gasteiger partial charge in [-0.05, 0) is 6.07 Å². The van der Waals surface area contributed by atoms with Crippen LogP contribution in [-0.4, -0.2) is 29.2 Å². The van der Waals surface area contributed by atoms with Crippen LogP contribution in [0.4, 0.5) is 0 Å². The number of hydrazone groups is 1. The Kier molecular flexibility index (Phi) is 5.29. The molecule has 23 heavy (non-hydrogen) atoms. The summed E-state index contributed by atoms with van der Waals surface area (Å²) in [4.78, 5) is 19.2. The summed E-state index contributed by atoms with van der Waals surface area (Å²) in [7, 11) is 1.46. The van der Waals surface area contributed by atoms with Crippen LogP contribution in [-0.2, 0) is 6.61 Å². The van der Waals surface area contributed by atoms with E-state index in [-0.39, 0.29) is 12.4 Å². The lowest BCUT2D eigenvalue weighted by Gasteiger charge is -2.11. The van der Waals surface area contributed by atoms with Crippen molar-refractivity contribution in [3.8, 4) is 11.6 Å². The van der Waals surface area contributed by atoms with Gasteiger partial charge in [0.1, 0.15) is 18.1 Å². The van der Waals surface area contributed by atoms with E-state index in [0.717, 1.165) is 0 Å². The molecule has 0 saturated carbocycles. The number of nitrogens with one attached hydrogen (secondary N) is 1. The fourth-order valence-corrected chi connectivity index (χ4v) is 1.82. The molecule has 2 aromatic heterocycles. The molecule has 2 heterocycles. The first kappa shape index (κ1) is 16.0. The first-order valence-electron chi connectivity index (χ1n) is 6.45. The SMILES string of the molecule is COc1cc(C=O)c(OCc2cccnc2C(N=N)=NN)cn1. The predicted octanol–water partition coefficient (Wildman–Crippen LogP) is 1.53. The molecule has 0 aromatic carbocycles. The molecule has 0 unspecified atom stereocenters. The highest BCUT2D eigenvalue weighted by Gasteiger charge is 2.12. The second-order valence-corrected chi connectivity index (χ2v) is 4.25. The van der Waals surface area contributed by atoms with Crippen LogP contribution in [0.1, 0.15) is 21.6 Å². The van der Waals surface area contributed by atoms with Crippen LogP contribution < -0.4 is 15.3 Å². The lowest BCUT2D eigenvalue weighted by atomic mass is 10.2. The number of carbonyl (C=O) groups excluding carboxylic acids is 1. The number of aromatic nitrogens is 2. The molecule has 0 spiro atoms. The van der Waals surface area contributed by atoms with E-state index in [4.69, 9.17) is 20.8 Å². The summed E-state index contributed by atoms with van der Waals surface area (Å²) in [5.74, 6) is 5.78. The van der Waals surface area contributed by atoms with E-state index in [1.54, 1.807) is 12.1 Å². The van der Waals surface area contributed by atoms with Gasteiger partial charge >= 0.3 is 0 Å². The normalized spacial score (nSPS) is 10.9. The van der Waals surface area contributed by atoms with Crippen LogP contribution in [0.2, 0.25) is 0 Å². The number of nitrogens with zero attached hydrogens (tertiary/aromatic N) is 4. The van der Waals surface area contributed by atoms with Crippen molar-refractivity contribution in [3.63, 3.8) is 0 Å². The molecule has 0 aliphatic carbocycles. The van der Waals surface area contributed by atoms with Crippen LogP contribution in [0.3, 0.4) is 0 Å².